The maximum absolute atomic E-state index is 12.1. The van der Waals surface area contributed by atoms with Crippen molar-refractivity contribution in [3.8, 4) is 0 Å². The van der Waals surface area contributed by atoms with Gasteiger partial charge < -0.3 is 10.1 Å². The Labute approximate surface area is 124 Å². The summed E-state index contributed by atoms with van der Waals surface area (Å²) >= 11 is 0. The number of nitrogens with zero attached hydrogens (tertiary/aromatic N) is 2. The van der Waals surface area contributed by atoms with Crippen LogP contribution in [0.2, 0.25) is 0 Å². The lowest BCUT2D eigenvalue weighted by molar-refractivity contribution is -0.157. The molecular formula is C15H23N3O3. The quantitative estimate of drug-likeness (QED) is 0.847. The van der Waals surface area contributed by atoms with Crippen LogP contribution in [0.15, 0.2) is 12.3 Å². The average Bonchev–Trinajstić information content (AvgIpc) is 3.09. The zero-order valence-corrected chi connectivity index (χ0v) is 12.8. The van der Waals surface area contributed by atoms with Gasteiger partial charge in [-0.05, 0) is 33.6 Å². The van der Waals surface area contributed by atoms with E-state index in [1.807, 2.05) is 13.8 Å². The summed E-state index contributed by atoms with van der Waals surface area (Å²) in [5, 5.41) is 6.90. The minimum absolute atomic E-state index is 0.0403. The monoisotopic (exact) mass is 293 g/mol. The third kappa shape index (κ3) is 3.83. The van der Waals surface area contributed by atoms with E-state index in [9.17, 15) is 9.59 Å². The highest BCUT2D eigenvalue weighted by molar-refractivity contribution is 5.94. The normalized spacial score (nSPS) is 17.0. The van der Waals surface area contributed by atoms with Crippen molar-refractivity contribution in [2.45, 2.75) is 58.6 Å². The maximum atomic E-state index is 12.1. The summed E-state index contributed by atoms with van der Waals surface area (Å²) < 4.78 is 6.98. The number of anilines is 1. The van der Waals surface area contributed by atoms with Crippen LogP contribution in [0.25, 0.3) is 0 Å². The van der Waals surface area contributed by atoms with Crippen LogP contribution in [0.1, 0.15) is 52.5 Å². The number of amides is 1. The Morgan fingerprint density at radius 3 is 2.62 bits per heavy atom. The van der Waals surface area contributed by atoms with Crippen LogP contribution in [-0.2, 0) is 14.3 Å². The number of esters is 1. The van der Waals surface area contributed by atoms with Gasteiger partial charge in [0.25, 0.3) is 5.91 Å². The molecule has 0 spiro atoms. The SMILES string of the molecule is CC(OC(=O)C1CCCC1)C(=O)Nc1ccnn1C(C)C. The Balaban J connectivity index is 1.90. The lowest BCUT2D eigenvalue weighted by atomic mass is 10.1. The standard InChI is InChI=1S/C15H23N3O3/c1-10(2)18-13(8-9-16-18)17-14(19)11(3)21-15(20)12-6-4-5-7-12/h8-12H,4-7H2,1-3H3,(H,17,19). The highest BCUT2D eigenvalue weighted by atomic mass is 16.5. The van der Waals surface area contributed by atoms with E-state index < -0.39 is 6.10 Å². The number of rotatable bonds is 5. The Hall–Kier alpha value is -1.85. The first-order valence-electron chi connectivity index (χ1n) is 7.54. The van der Waals surface area contributed by atoms with Gasteiger partial charge in [0.2, 0.25) is 0 Å². The molecule has 0 aliphatic heterocycles. The number of aromatic nitrogens is 2. The molecule has 1 amide bonds. The summed E-state index contributed by atoms with van der Waals surface area (Å²) in [4.78, 5) is 24.0. The van der Waals surface area contributed by atoms with E-state index in [4.69, 9.17) is 4.74 Å². The zero-order chi connectivity index (χ0) is 15.4. The minimum atomic E-state index is -0.798. The van der Waals surface area contributed by atoms with Crippen LogP contribution in [-0.4, -0.2) is 27.8 Å². The molecule has 1 aromatic rings. The van der Waals surface area contributed by atoms with Gasteiger partial charge in [-0.1, -0.05) is 12.8 Å². The first-order valence-corrected chi connectivity index (χ1v) is 7.54. The topological polar surface area (TPSA) is 73.2 Å². The van der Waals surface area contributed by atoms with Gasteiger partial charge in [0, 0.05) is 12.1 Å². The third-order valence-corrected chi connectivity index (χ3v) is 3.76. The van der Waals surface area contributed by atoms with Gasteiger partial charge in [0.15, 0.2) is 6.10 Å². The Kier molecular flexibility index (Phi) is 4.98. The first kappa shape index (κ1) is 15.5. The van der Waals surface area contributed by atoms with Gasteiger partial charge in [-0.2, -0.15) is 5.10 Å². The van der Waals surface area contributed by atoms with Crippen LogP contribution in [0, 0.1) is 5.92 Å². The van der Waals surface area contributed by atoms with Crippen LogP contribution < -0.4 is 5.32 Å². The van der Waals surface area contributed by atoms with Crippen LogP contribution in [0.5, 0.6) is 0 Å². The smallest absolute Gasteiger partial charge is 0.309 e. The van der Waals surface area contributed by atoms with Gasteiger partial charge in [0.05, 0.1) is 12.1 Å². The molecule has 2 rings (SSSR count). The molecule has 6 heteroatoms. The number of hydrogen-bond acceptors (Lipinski definition) is 4. The van der Waals surface area contributed by atoms with E-state index >= 15 is 0 Å². The molecule has 0 bridgehead atoms. The number of nitrogens with one attached hydrogen (secondary N) is 1. The Morgan fingerprint density at radius 1 is 1.33 bits per heavy atom. The second kappa shape index (κ2) is 6.74. The number of ether oxygens (including phenoxy) is 1. The minimum Gasteiger partial charge on any atom is -0.452 e. The summed E-state index contributed by atoms with van der Waals surface area (Å²) in [6.07, 6.45) is 4.70. The molecule has 21 heavy (non-hydrogen) atoms. The van der Waals surface area contributed by atoms with Gasteiger partial charge >= 0.3 is 5.97 Å². The summed E-state index contributed by atoms with van der Waals surface area (Å²) in [5.74, 6) is -0.0172. The molecule has 1 unspecified atom stereocenters. The van der Waals surface area contributed by atoms with Crippen molar-refractivity contribution in [2.24, 2.45) is 5.92 Å². The van der Waals surface area contributed by atoms with Gasteiger partial charge in [0.1, 0.15) is 5.82 Å². The number of carbonyl (C=O) groups is 2. The van der Waals surface area contributed by atoms with E-state index in [0.717, 1.165) is 25.7 Å². The van der Waals surface area contributed by atoms with Crippen molar-refractivity contribution >= 4 is 17.7 Å². The third-order valence-electron chi connectivity index (χ3n) is 3.76. The number of carbonyl (C=O) groups excluding carboxylic acids is 2. The fraction of sp³-hybridized carbons (Fsp3) is 0.667. The zero-order valence-electron chi connectivity index (χ0n) is 12.8. The average molecular weight is 293 g/mol. The van der Waals surface area contributed by atoms with Crippen molar-refractivity contribution < 1.29 is 14.3 Å². The molecule has 6 nitrogen and oxygen atoms in total. The molecule has 116 valence electrons. The van der Waals surface area contributed by atoms with Crippen LogP contribution in [0.4, 0.5) is 5.82 Å². The molecule has 1 aromatic heterocycles. The van der Waals surface area contributed by atoms with Crippen LogP contribution in [0.3, 0.4) is 0 Å². The first-order chi connectivity index (χ1) is 9.99. The molecule has 1 atom stereocenters. The molecule has 0 aromatic carbocycles. The highest BCUT2D eigenvalue weighted by Crippen LogP contribution is 2.26. The van der Waals surface area contributed by atoms with E-state index in [2.05, 4.69) is 10.4 Å². The maximum Gasteiger partial charge on any atom is 0.309 e. The van der Waals surface area contributed by atoms with Crippen molar-refractivity contribution in [3.63, 3.8) is 0 Å². The van der Waals surface area contributed by atoms with E-state index in [1.54, 1.807) is 23.9 Å². The Morgan fingerprint density at radius 2 is 2.00 bits per heavy atom. The molecular weight excluding hydrogens is 270 g/mol. The van der Waals surface area contributed by atoms with Crippen molar-refractivity contribution in [1.29, 1.82) is 0 Å². The van der Waals surface area contributed by atoms with E-state index in [0.29, 0.717) is 5.82 Å². The molecule has 1 aliphatic rings. The lowest BCUT2D eigenvalue weighted by Gasteiger charge is -2.17. The van der Waals surface area contributed by atoms with Gasteiger partial charge in [-0.15, -0.1) is 0 Å². The van der Waals surface area contributed by atoms with Crippen molar-refractivity contribution in [1.82, 2.24) is 9.78 Å². The Bertz CT molecular complexity index is 504. The molecule has 0 saturated heterocycles. The summed E-state index contributed by atoms with van der Waals surface area (Å²) in [6.45, 7) is 5.55. The predicted octanol–water partition coefficient (Wildman–Crippen LogP) is 2.52. The highest BCUT2D eigenvalue weighted by Gasteiger charge is 2.27. The molecule has 0 radical (unpaired) electrons. The fourth-order valence-corrected chi connectivity index (χ4v) is 2.54. The lowest BCUT2D eigenvalue weighted by Crippen LogP contribution is -2.32. The molecule has 1 saturated carbocycles. The second-order valence-corrected chi connectivity index (χ2v) is 5.80. The van der Waals surface area contributed by atoms with E-state index in [-0.39, 0.29) is 23.8 Å². The predicted molar refractivity (Wildman–Crippen MR) is 78.8 cm³/mol. The van der Waals surface area contributed by atoms with Crippen molar-refractivity contribution in [2.75, 3.05) is 5.32 Å². The summed E-state index contributed by atoms with van der Waals surface area (Å²) in [5.41, 5.74) is 0. The van der Waals surface area contributed by atoms with Crippen molar-refractivity contribution in [3.05, 3.63) is 12.3 Å². The molecule has 1 fully saturated rings. The second-order valence-electron chi connectivity index (χ2n) is 5.80. The van der Waals surface area contributed by atoms with Crippen LogP contribution >= 0.6 is 0 Å². The molecule has 1 N–H and O–H groups in total. The fourth-order valence-electron chi connectivity index (χ4n) is 2.54. The van der Waals surface area contributed by atoms with E-state index in [1.165, 1.54) is 0 Å². The largest absolute Gasteiger partial charge is 0.452 e. The molecule has 1 aliphatic carbocycles. The summed E-state index contributed by atoms with van der Waals surface area (Å²) in [7, 11) is 0. The van der Waals surface area contributed by atoms with Gasteiger partial charge in [-0.25, -0.2) is 4.68 Å². The number of hydrogen-bond donors (Lipinski definition) is 1. The molecule has 1 heterocycles. The van der Waals surface area contributed by atoms with Gasteiger partial charge in [-0.3, -0.25) is 9.59 Å². The summed E-state index contributed by atoms with van der Waals surface area (Å²) in [6, 6.07) is 1.87.